The molecular formula is C10H9Cl2N2O. The molecule has 0 aromatic heterocycles. The summed E-state index contributed by atoms with van der Waals surface area (Å²) in [5.74, 6) is 0. The number of rotatable bonds is 2. The molecule has 0 unspecified atom stereocenters. The Bertz CT molecular complexity index is 395. The third kappa shape index (κ3) is 2.19. The van der Waals surface area contributed by atoms with Crippen molar-refractivity contribution >= 4 is 29.2 Å². The summed E-state index contributed by atoms with van der Waals surface area (Å²) in [6.07, 6.45) is 0. The number of amides is 2. The van der Waals surface area contributed by atoms with E-state index in [-0.39, 0.29) is 6.03 Å². The molecule has 2 amide bonds. The zero-order valence-corrected chi connectivity index (χ0v) is 9.42. The molecule has 0 saturated carbocycles. The van der Waals surface area contributed by atoms with Crippen molar-refractivity contribution in [1.29, 1.82) is 0 Å². The Labute approximate surface area is 98.0 Å². The Morgan fingerprint density at radius 3 is 2.87 bits per heavy atom. The molecule has 1 aliphatic rings. The highest BCUT2D eigenvalue weighted by molar-refractivity contribution is 6.42. The average Bonchev–Trinajstić information content (AvgIpc) is 2.60. The first-order valence-corrected chi connectivity index (χ1v) is 5.33. The van der Waals surface area contributed by atoms with Gasteiger partial charge < -0.3 is 4.90 Å². The number of nitrogens with zero attached hydrogens (tertiary/aromatic N) is 2. The second-order valence-electron chi connectivity index (χ2n) is 3.30. The molecule has 0 bridgehead atoms. The van der Waals surface area contributed by atoms with Crippen LogP contribution in [0.25, 0.3) is 0 Å². The summed E-state index contributed by atoms with van der Waals surface area (Å²) >= 11 is 11.9. The molecule has 15 heavy (non-hydrogen) atoms. The third-order valence-corrected chi connectivity index (χ3v) is 3.14. The van der Waals surface area contributed by atoms with Crippen LogP contribution in [0, 0.1) is 0 Å². The summed E-state index contributed by atoms with van der Waals surface area (Å²) in [6, 6.07) is 5.23. The molecule has 0 N–H and O–H groups in total. The number of halogens is 2. The molecule has 0 spiro atoms. The maximum absolute atomic E-state index is 11.3. The van der Waals surface area contributed by atoms with Crippen molar-refractivity contribution in [3.8, 4) is 0 Å². The van der Waals surface area contributed by atoms with E-state index in [1.54, 1.807) is 11.0 Å². The van der Waals surface area contributed by atoms with Crippen LogP contribution in [-0.4, -0.2) is 24.0 Å². The van der Waals surface area contributed by atoms with Crippen LogP contribution in [0.15, 0.2) is 18.2 Å². The van der Waals surface area contributed by atoms with Crippen molar-refractivity contribution in [3.63, 3.8) is 0 Å². The number of urea groups is 1. The summed E-state index contributed by atoms with van der Waals surface area (Å²) in [5, 5.41) is 4.80. The third-order valence-electron chi connectivity index (χ3n) is 2.28. The lowest BCUT2D eigenvalue weighted by Crippen LogP contribution is -2.25. The quantitative estimate of drug-likeness (QED) is 0.787. The van der Waals surface area contributed by atoms with Gasteiger partial charge >= 0.3 is 6.03 Å². The first-order valence-electron chi connectivity index (χ1n) is 4.58. The molecule has 3 nitrogen and oxygen atoms in total. The molecule has 1 aliphatic heterocycles. The van der Waals surface area contributed by atoms with Crippen molar-refractivity contribution in [1.82, 2.24) is 10.2 Å². The normalized spacial score (nSPS) is 15.6. The zero-order chi connectivity index (χ0) is 10.8. The highest BCUT2D eigenvalue weighted by Crippen LogP contribution is 2.26. The predicted octanol–water partition coefficient (Wildman–Crippen LogP) is 2.53. The van der Waals surface area contributed by atoms with E-state index in [1.165, 1.54) is 0 Å². The van der Waals surface area contributed by atoms with Crippen molar-refractivity contribution in [3.05, 3.63) is 33.8 Å². The highest BCUT2D eigenvalue weighted by atomic mass is 35.5. The average molecular weight is 244 g/mol. The van der Waals surface area contributed by atoms with E-state index in [2.05, 4.69) is 5.32 Å². The molecule has 1 fully saturated rings. The Hall–Kier alpha value is -0.930. The van der Waals surface area contributed by atoms with Gasteiger partial charge in [-0.2, -0.15) is 0 Å². The van der Waals surface area contributed by atoms with E-state index < -0.39 is 0 Å². The van der Waals surface area contributed by atoms with Crippen LogP contribution in [0.5, 0.6) is 0 Å². The fraction of sp³-hybridized carbons (Fsp3) is 0.300. The lowest BCUT2D eigenvalue weighted by molar-refractivity contribution is 0.215. The first-order chi connectivity index (χ1) is 7.18. The molecule has 0 atom stereocenters. The van der Waals surface area contributed by atoms with E-state index in [0.29, 0.717) is 29.7 Å². The summed E-state index contributed by atoms with van der Waals surface area (Å²) in [6.45, 7) is 1.69. The van der Waals surface area contributed by atoms with Crippen LogP contribution < -0.4 is 5.32 Å². The molecule has 2 rings (SSSR count). The fourth-order valence-electron chi connectivity index (χ4n) is 1.48. The SMILES string of the molecule is O=C1[N]CCN1Cc1cccc(Cl)c1Cl. The molecule has 1 radical (unpaired) electrons. The maximum atomic E-state index is 11.3. The molecule has 1 aromatic carbocycles. The second kappa shape index (κ2) is 4.29. The number of hydrogen-bond acceptors (Lipinski definition) is 1. The van der Waals surface area contributed by atoms with Gasteiger partial charge in [-0.3, -0.25) is 0 Å². The molecule has 1 saturated heterocycles. The fourth-order valence-corrected chi connectivity index (χ4v) is 1.86. The van der Waals surface area contributed by atoms with Crippen molar-refractivity contribution in [2.75, 3.05) is 13.1 Å². The van der Waals surface area contributed by atoms with Crippen LogP contribution in [0.3, 0.4) is 0 Å². The number of carbonyl (C=O) groups excluding carboxylic acids is 1. The maximum Gasteiger partial charge on any atom is 0.339 e. The number of benzene rings is 1. The lowest BCUT2D eigenvalue weighted by atomic mass is 10.2. The van der Waals surface area contributed by atoms with Crippen molar-refractivity contribution in [2.45, 2.75) is 6.54 Å². The number of hydrogen-bond donors (Lipinski definition) is 0. The van der Waals surface area contributed by atoms with Gasteiger partial charge in [-0.1, -0.05) is 35.3 Å². The standard InChI is InChI=1S/C10H9Cl2N2O/c11-8-3-1-2-7(9(8)12)6-14-5-4-13-10(14)15/h1-3H,4-6H2. The molecule has 79 valence electrons. The van der Waals surface area contributed by atoms with Gasteiger partial charge in [0.2, 0.25) is 0 Å². The van der Waals surface area contributed by atoms with Crippen LogP contribution in [0.1, 0.15) is 5.56 Å². The van der Waals surface area contributed by atoms with Gasteiger partial charge in [-0.15, -0.1) is 0 Å². The summed E-state index contributed by atoms with van der Waals surface area (Å²) in [5.41, 5.74) is 0.856. The van der Waals surface area contributed by atoms with E-state index >= 15 is 0 Å². The van der Waals surface area contributed by atoms with Crippen LogP contribution >= 0.6 is 23.2 Å². The van der Waals surface area contributed by atoms with E-state index in [1.807, 2.05) is 12.1 Å². The lowest BCUT2D eigenvalue weighted by Gasteiger charge is -2.14. The minimum atomic E-state index is -0.175. The van der Waals surface area contributed by atoms with Gasteiger partial charge in [0.1, 0.15) is 0 Å². The van der Waals surface area contributed by atoms with Crippen molar-refractivity contribution in [2.24, 2.45) is 0 Å². The zero-order valence-electron chi connectivity index (χ0n) is 7.91. The van der Waals surface area contributed by atoms with Crippen LogP contribution in [0.2, 0.25) is 10.0 Å². The van der Waals surface area contributed by atoms with Crippen LogP contribution in [-0.2, 0) is 6.54 Å². The van der Waals surface area contributed by atoms with E-state index in [9.17, 15) is 4.79 Å². The van der Waals surface area contributed by atoms with Gasteiger partial charge in [0, 0.05) is 13.1 Å². The van der Waals surface area contributed by atoms with Gasteiger partial charge in [0.15, 0.2) is 0 Å². The minimum Gasteiger partial charge on any atom is -0.317 e. The van der Waals surface area contributed by atoms with E-state index in [4.69, 9.17) is 23.2 Å². The summed E-state index contributed by atoms with van der Waals surface area (Å²) in [4.78, 5) is 12.9. The Morgan fingerprint density at radius 2 is 2.20 bits per heavy atom. The molecule has 1 aromatic rings. The Kier molecular flexibility index (Phi) is 3.03. The smallest absolute Gasteiger partial charge is 0.317 e. The minimum absolute atomic E-state index is 0.175. The summed E-state index contributed by atoms with van der Waals surface area (Å²) in [7, 11) is 0. The second-order valence-corrected chi connectivity index (χ2v) is 4.08. The predicted molar refractivity (Wildman–Crippen MR) is 59.3 cm³/mol. The molecule has 0 aliphatic carbocycles. The number of carbonyl (C=O) groups is 1. The first kappa shape index (κ1) is 10.6. The van der Waals surface area contributed by atoms with E-state index in [0.717, 1.165) is 5.56 Å². The summed E-state index contributed by atoms with van der Waals surface area (Å²) < 4.78 is 0. The Balaban J connectivity index is 2.17. The van der Waals surface area contributed by atoms with Gasteiger partial charge in [-0.25, -0.2) is 10.1 Å². The Morgan fingerprint density at radius 1 is 1.40 bits per heavy atom. The van der Waals surface area contributed by atoms with Crippen LogP contribution in [0.4, 0.5) is 4.79 Å². The van der Waals surface area contributed by atoms with Gasteiger partial charge in [0.05, 0.1) is 16.6 Å². The molecule has 5 heteroatoms. The van der Waals surface area contributed by atoms with Gasteiger partial charge in [0.25, 0.3) is 0 Å². The monoisotopic (exact) mass is 243 g/mol. The largest absolute Gasteiger partial charge is 0.339 e. The highest BCUT2D eigenvalue weighted by Gasteiger charge is 2.22. The molecule has 1 heterocycles. The topological polar surface area (TPSA) is 34.4 Å². The van der Waals surface area contributed by atoms with Crippen molar-refractivity contribution < 1.29 is 4.79 Å². The van der Waals surface area contributed by atoms with Gasteiger partial charge in [-0.05, 0) is 11.6 Å². The molecular weight excluding hydrogens is 235 g/mol.